The van der Waals surface area contributed by atoms with Crippen LogP contribution in [0.5, 0.6) is 11.5 Å². The predicted octanol–water partition coefficient (Wildman–Crippen LogP) is 14.1. The van der Waals surface area contributed by atoms with Crippen LogP contribution in [0.15, 0.2) is 12.1 Å². The van der Waals surface area contributed by atoms with Gasteiger partial charge in [0.25, 0.3) is 0 Å². The van der Waals surface area contributed by atoms with Gasteiger partial charge >= 0.3 is 0 Å². The van der Waals surface area contributed by atoms with Crippen molar-refractivity contribution in [2.45, 2.75) is 219 Å². The SMILES string of the molecule is CCCCCCCCCCCCCCCCCCOc1cc(OCCCCCCCCCCCCCCCCCC)c(N)cc1N. The molecular formula is C42H80N2O2. The molecular weight excluding hydrogens is 564 g/mol. The second-order valence-electron chi connectivity index (χ2n) is 14.2. The molecule has 0 saturated carbocycles. The molecule has 0 spiro atoms. The molecule has 0 radical (unpaired) electrons. The number of nitrogens with two attached hydrogens (primary N) is 2. The molecule has 1 rings (SSSR count). The molecule has 4 N–H and O–H groups in total. The summed E-state index contributed by atoms with van der Waals surface area (Å²) >= 11 is 0. The van der Waals surface area contributed by atoms with Gasteiger partial charge in [0.15, 0.2) is 0 Å². The van der Waals surface area contributed by atoms with Gasteiger partial charge in [0, 0.05) is 6.07 Å². The highest BCUT2D eigenvalue weighted by Crippen LogP contribution is 2.33. The normalized spacial score (nSPS) is 11.3. The van der Waals surface area contributed by atoms with Crippen LogP contribution >= 0.6 is 0 Å². The molecule has 0 aliphatic carbocycles. The van der Waals surface area contributed by atoms with Crippen LogP contribution in [0, 0.1) is 0 Å². The van der Waals surface area contributed by atoms with Gasteiger partial charge in [0.05, 0.1) is 24.6 Å². The molecule has 0 bridgehead atoms. The van der Waals surface area contributed by atoms with Crippen LogP contribution in [0.1, 0.15) is 219 Å². The molecule has 0 unspecified atom stereocenters. The molecule has 0 heterocycles. The lowest BCUT2D eigenvalue weighted by molar-refractivity contribution is 0.291. The van der Waals surface area contributed by atoms with Gasteiger partial charge in [0.2, 0.25) is 0 Å². The Morgan fingerprint density at radius 1 is 0.326 bits per heavy atom. The second-order valence-corrected chi connectivity index (χ2v) is 14.2. The van der Waals surface area contributed by atoms with Gasteiger partial charge in [0.1, 0.15) is 11.5 Å². The van der Waals surface area contributed by atoms with Crippen molar-refractivity contribution in [3.63, 3.8) is 0 Å². The number of hydrogen-bond acceptors (Lipinski definition) is 4. The first kappa shape index (κ1) is 42.4. The molecule has 1 aromatic carbocycles. The summed E-state index contributed by atoms with van der Waals surface area (Å²) in [5.74, 6) is 1.41. The Hall–Kier alpha value is -1.58. The Labute approximate surface area is 287 Å². The van der Waals surface area contributed by atoms with Gasteiger partial charge < -0.3 is 20.9 Å². The number of anilines is 2. The third kappa shape index (κ3) is 26.5. The number of hydrogen-bond donors (Lipinski definition) is 2. The standard InChI is InChI=1S/C42H80N2O2/c1-3-5-7-9-11-13-15-17-19-21-23-25-27-29-31-33-35-45-41-38-42(40(44)37-39(41)43)46-36-34-32-30-28-26-24-22-20-18-16-14-12-10-8-6-4-2/h37-38H,3-36,43-44H2,1-2H3. The van der Waals surface area contributed by atoms with Crippen LogP contribution in [-0.4, -0.2) is 13.2 Å². The van der Waals surface area contributed by atoms with Crippen LogP contribution in [0.3, 0.4) is 0 Å². The Kier molecular flexibility index (Phi) is 30.7. The van der Waals surface area contributed by atoms with Crippen LogP contribution < -0.4 is 20.9 Å². The first-order chi connectivity index (χ1) is 22.7. The van der Waals surface area contributed by atoms with Crippen molar-refractivity contribution in [3.8, 4) is 11.5 Å². The smallest absolute Gasteiger partial charge is 0.146 e. The zero-order valence-corrected chi connectivity index (χ0v) is 31.2. The van der Waals surface area contributed by atoms with Gasteiger partial charge in [-0.05, 0) is 18.9 Å². The van der Waals surface area contributed by atoms with Gasteiger partial charge in [-0.1, -0.05) is 206 Å². The van der Waals surface area contributed by atoms with E-state index in [9.17, 15) is 0 Å². The van der Waals surface area contributed by atoms with E-state index in [1.165, 1.54) is 193 Å². The molecule has 0 fully saturated rings. The Bertz CT molecular complexity index is 709. The van der Waals surface area contributed by atoms with E-state index < -0.39 is 0 Å². The van der Waals surface area contributed by atoms with E-state index in [4.69, 9.17) is 20.9 Å². The van der Waals surface area contributed by atoms with E-state index in [-0.39, 0.29) is 0 Å². The monoisotopic (exact) mass is 645 g/mol. The lowest BCUT2D eigenvalue weighted by Gasteiger charge is -2.14. The molecule has 0 atom stereocenters. The fraction of sp³-hybridized carbons (Fsp3) is 0.857. The summed E-state index contributed by atoms with van der Waals surface area (Å²) in [6, 6.07) is 3.68. The van der Waals surface area contributed by atoms with Crippen molar-refractivity contribution < 1.29 is 9.47 Å². The average molecular weight is 645 g/mol. The largest absolute Gasteiger partial charge is 0.491 e. The minimum Gasteiger partial charge on any atom is -0.491 e. The van der Waals surface area contributed by atoms with E-state index in [2.05, 4.69) is 13.8 Å². The highest BCUT2D eigenvalue weighted by atomic mass is 16.5. The fourth-order valence-electron chi connectivity index (χ4n) is 6.51. The molecule has 0 aliphatic heterocycles. The van der Waals surface area contributed by atoms with Crippen molar-refractivity contribution >= 4 is 11.4 Å². The van der Waals surface area contributed by atoms with Crippen LogP contribution in [0.2, 0.25) is 0 Å². The Balaban J connectivity index is 1.95. The van der Waals surface area contributed by atoms with Gasteiger partial charge in [-0.15, -0.1) is 0 Å². The summed E-state index contributed by atoms with van der Waals surface area (Å²) < 4.78 is 12.1. The van der Waals surface area contributed by atoms with Crippen molar-refractivity contribution in [1.82, 2.24) is 0 Å². The quantitative estimate of drug-likeness (QED) is 0.0563. The number of rotatable bonds is 36. The van der Waals surface area contributed by atoms with Crippen LogP contribution in [0.25, 0.3) is 0 Å². The van der Waals surface area contributed by atoms with E-state index in [0.29, 0.717) is 36.1 Å². The van der Waals surface area contributed by atoms with E-state index >= 15 is 0 Å². The van der Waals surface area contributed by atoms with Gasteiger partial charge in [-0.25, -0.2) is 0 Å². The van der Waals surface area contributed by atoms with Crippen molar-refractivity contribution in [1.29, 1.82) is 0 Å². The molecule has 0 amide bonds. The zero-order chi connectivity index (χ0) is 33.2. The van der Waals surface area contributed by atoms with Crippen molar-refractivity contribution in [2.24, 2.45) is 0 Å². The minimum atomic E-state index is 0.601. The third-order valence-corrected chi connectivity index (χ3v) is 9.65. The maximum atomic E-state index is 6.20. The summed E-state index contributed by atoms with van der Waals surface area (Å²) in [6.07, 6.45) is 43.9. The molecule has 0 aromatic heterocycles. The topological polar surface area (TPSA) is 70.5 Å². The maximum absolute atomic E-state index is 6.20. The molecule has 0 aliphatic rings. The lowest BCUT2D eigenvalue weighted by atomic mass is 10.0. The summed E-state index contributed by atoms with van der Waals surface area (Å²) in [7, 11) is 0. The summed E-state index contributed by atoms with van der Waals surface area (Å²) in [4.78, 5) is 0. The summed E-state index contributed by atoms with van der Waals surface area (Å²) in [5.41, 5.74) is 13.6. The number of unbranched alkanes of at least 4 members (excludes halogenated alkanes) is 30. The third-order valence-electron chi connectivity index (χ3n) is 9.65. The fourth-order valence-corrected chi connectivity index (χ4v) is 6.51. The molecule has 270 valence electrons. The van der Waals surface area contributed by atoms with E-state index in [1.807, 2.05) is 6.07 Å². The van der Waals surface area contributed by atoms with Crippen molar-refractivity contribution in [2.75, 3.05) is 24.7 Å². The van der Waals surface area contributed by atoms with E-state index in [0.717, 1.165) is 12.8 Å². The first-order valence-electron chi connectivity index (χ1n) is 20.6. The molecule has 1 aromatic rings. The highest BCUT2D eigenvalue weighted by Gasteiger charge is 2.09. The van der Waals surface area contributed by atoms with Crippen LogP contribution in [0.4, 0.5) is 11.4 Å². The summed E-state index contributed by atoms with van der Waals surface area (Å²) in [5, 5.41) is 0. The number of ether oxygens (including phenoxy) is 2. The zero-order valence-electron chi connectivity index (χ0n) is 31.2. The van der Waals surface area contributed by atoms with Crippen LogP contribution in [-0.2, 0) is 0 Å². The highest BCUT2D eigenvalue weighted by molar-refractivity contribution is 5.67. The first-order valence-corrected chi connectivity index (χ1v) is 20.6. The van der Waals surface area contributed by atoms with Crippen molar-refractivity contribution in [3.05, 3.63) is 12.1 Å². The van der Waals surface area contributed by atoms with E-state index in [1.54, 1.807) is 6.07 Å². The molecule has 0 saturated heterocycles. The summed E-state index contributed by atoms with van der Waals surface area (Å²) in [6.45, 7) is 5.98. The average Bonchev–Trinajstić information content (AvgIpc) is 3.05. The number of benzene rings is 1. The molecule has 4 heteroatoms. The number of nitrogen functional groups attached to an aromatic ring is 2. The molecule has 46 heavy (non-hydrogen) atoms. The Morgan fingerprint density at radius 2 is 0.543 bits per heavy atom. The van der Waals surface area contributed by atoms with Gasteiger partial charge in [-0.3, -0.25) is 0 Å². The predicted molar refractivity (Wildman–Crippen MR) is 205 cm³/mol. The van der Waals surface area contributed by atoms with Gasteiger partial charge in [-0.2, -0.15) is 0 Å². The second kappa shape index (κ2) is 33.3. The molecule has 4 nitrogen and oxygen atoms in total. The lowest BCUT2D eigenvalue weighted by Crippen LogP contribution is -2.05. The maximum Gasteiger partial charge on any atom is 0.146 e. The Morgan fingerprint density at radius 3 is 0.783 bits per heavy atom. The minimum absolute atomic E-state index is 0.601.